The molecule has 1 aromatic carbocycles. The zero-order valence-corrected chi connectivity index (χ0v) is 14.0. The van der Waals surface area contributed by atoms with Crippen LogP contribution in [0.2, 0.25) is 0 Å². The highest BCUT2D eigenvalue weighted by molar-refractivity contribution is 5.80. The summed E-state index contributed by atoms with van der Waals surface area (Å²) in [5.74, 6) is -0.0332. The molecular formula is C17H24N6O. The summed E-state index contributed by atoms with van der Waals surface area (Å²) in [5, 5.41) is 14.4. The summed E-state index contributed by atoms with van der Waals surface area (Å²) in [5.41, 5.74) is 1.09. The van der Waals surface area contributed by atoms with Crippen LogP contribution in [-0.4, -0.2) is 56.7 Å². The van der Waals surface area contributed by atoms with Crippen molar-refractivity contribution in [3.8, 4) is 0 Å². The van der Waals surface area contributed by atoms with Crippen LogP contribution in [0.1, 0.15) is 31.4 Å². The van der Waals surface area contributed by atoms with Crippen LogP contribution < -0.4 is 5.32 Å². The molecule has 1 aromatic heterocycles. The first-order valence-corrected chi connectivity index (χ1v) is 8.56. The van der Waals surface area contributed by atoms with Crippen molar-refractivity contribution in [3.63, 3.8) is 0 Å². The number of likely N-dealkylation sites (tertiary alicyclic amines) is 1. The number of nitrogens with zero attached hydrogens (tertiary/aromatic N) is 5. The highest BCUT2D eigenvalue weighted by atomic mass is 16.2. The minimum Gasteiger partial charge on any atom is -0.353 e. The van der Waals surface area contributed by atoms with E-state index in [-0.39, 0.29) is 5.91 Å². The Bertz CT molecular complexity index is 630. The topological polar surface area (TPSA) is 75.9 Å². The van der Waals surface area contributed by atoms with Crippen molar-refractivity contribution in [1.82, 2.24) is 30.4 Å². The van der Waals surface area contributed by atoms with Gasteiger partial charge in [0.05, 0.1) is 0 Å². The number of tetrazole rings is 1. The third kappa shape index (κ3) is 3.97. The Kier molecular flexibility index (Phi) is 5.53. The maximum absolute atomic E-state index is 12.8. The van der Waals surface area contributed by atoms with Crippen molar-refractivity contribution in [3.05, 3.63) is 42.2 Å². The number of carbonyl (C=O) groups excluding carboxylic acids is 1. The molecular weight excluding hydrogens is 304 g/mol. The number of carbonyl (C=O) groups is 1. The van der Waals surface area contributed by atoms with Gasteiger partial charge in [-0.15, -0.1) is 5.10 Å². The number of amides is 1. The fourth-order valence-corrected chi connectivity index (χ4v) is 3.33. The molecule has 0 unspecified atom stereocenters. The van der Waals surface area contributed by atoms with Crippen molar-refractivity contribution in [2.45, 2.75) is 38.3 Å². The van der Waals surface area contributed by atoms with Gasteiger partial charge in [0.15, 0.2) is 0 Å². The van der Waals surface area contributed by atoms with Gasteiger partial charge >= 0.3 is 0 Å². The molecule has 7 heteroatoms. The molecule has 1 N–H and O–H groups in total. The van der Waals surface area contributed by atoms with E-state index in [1.165, 1.54) is 17.4 Å². The lowest BCUT2D eigenvalue weighted by molar-refractivity contribution is -0.124. The SMILES string of the molecule is CCN1CCC[C@@H]1CNC(=O)[C@H](Cc1ccccc1)n1cnnn1. The molecule has 0 spiro atoms. The number of rotatable bonds is 7. The Morgan fingerprint density at radius 3 is 2.92 bits per heavy atom. The molecule has 7 nitrogen and oxygen atoms in total. The number of nitrogens with one attached hydrogen (secondary N) is 1. The molecule has 1 saturated heterocycles. The molecule has 1 aliphatic heterocycles. The highest BCUT2D eigenvalue weighted by Gasteiger charge is 2.26. The van der Waals surface area contributed by atoms with E-state index in [1.54, 1.807) is 0 Å². The molecule has 0 bridgehead atoms. The summed E-state index contributed by atoms with van der Waals surface area (Å²) in [6.45, 7) is 5.00. The van der Waals surface area contributed by atoms with Gasteiger partial charge in [-0.1, -0.05) is 37.3 Å². The summed E-state index contributed by atoms with van der Waals surface area (Å²) in [4.78, 5) is 15.2. The van der Waals surface area contributed by atoms with Gasteiger partial charge in [0, 0.05) is 19.0 Å². The van der Waals surface area contributed by atoms with E-state index in [0.29, 0.717) is 19.0 Å². The summed E-state index contributed by atoms with van der Waals surface area (Å²) in [6.07, 6.45) is 4.41. The number of benzene rings is 1. The quantitative estimate of drug-likeness (QED) is 0.822. The number of hydrogen-bond donors (Lipinski definition) is 1. The van der Waals surface area contributed by atoms with Crippen molar-refractivity contribution in [1.29, 1.82) is 0 Å². The standard InChI is InChI=1S/C17H24N6O/c1-2-22-10-6-9-15(22)12-18-17(24)16(23-13-19-20-21-23)11-14-7-4-3-5-8-14/h3-5,7-8,13,15-16H,2,6,9-12H2,1H3,(H,18,24)/t15-,16+/m1/s1. The third-order valence-electron chi connectivity index (χ3n) is 4.68. The highest BCUT2D eigenvalue weighted by Crippen LogP contribution is 2.17. The van der Waals surface area contributed by atoms with Crippen molar-refractivity contribution >= 4 is 5.91 Å². The van der Waals surface area contributed by atoms with E-state index in [1.807, 2.05) is 30.3 Å². The van der Waals surface area contributed by atoms with E-state index in [4.69, 9.17) is 0 Å². The zero-order chi connectivity index (χ0) is 16.8. The van der Waals surface area contributed by atoms with Gasteiger partial charge in [-0.25, -0.2) is 4.68 Å². The van der Waals surface area contributed by atoms with Crippen molar-refractivity contribution in [2.24, 2.45) is 0 Å². The maximum Gasteiger partial charge on any atom is 0.245 e. The average Bonchev–Trinajstić information content (AvgIpc) is 3.29. The van der Waals surface area contributed by atoms with Crippen LogP contribution in [0.5, 0.6) is 0 Å². The largest absolute Gasteiger partial charge is 0.353 e. The molecule has 24 heavy (non-hydrogen) atoms. The summed E-state index contributed by atoms with van der Waals surface area (Å²) >= 11 is 0. The monoisotopic (exact) mass is 328 g/mol. The molecule has 0 saturated carbocycles. The van der Waals surface area contributed by atoms with E-state index in [0.717, 1.165) is 25.1 Å². The van der Waals surface area contributed by atoms with Crippen molar-refractivity contribution < 1.29 is 4.79 Å². The number of hydrogen-bond acceptors (Lipinski definition) is 5. The van der Waals surface area contributed by atoms with Crippen LogP contribution in [-0.2, 0) is 11.2 Å². The summed E-state index contributed by atoms with van der Waals surface area (Å²) in [6, 6.07) is 9.95. The van der Waals surface area contributed by atoms with Gasteiger partial charge in [0.25, 0.3) is 0 Å². The van der Waals surface area contributed by atoms with Gasteiger partial charge < -0.3 is 5.32 Å². The van der Waals surface area contributed by atoms with Crippen LogP contribution in [0.15, 0.2) is 36.7 Å². The van der Waals surface area contributed by atoms with Gasteiger partial charge in [-0.3, -0.25) is 9.69 Å². The molecule has 2 atom stereocenters. The maximum atomic E-state index is 12.8. The van der Waals surface area contributed by atoms with E-state index in [2.05, 4.69) is 32.7 Å². The van der Waals surface area contributed by atoms with Gasteiger partial charge in [-0.2, -0.15) is 0 Å². The van der Waals surface area contributed by atoms with Crippen LogP contribution in [0.3, 0.4) is 0 Å². The minimum absolute atomic E-state index is 0.0332. The molecule has 0 aliphatic carbocycles. The lowest BCUT2D eigenvalue weighted by atomic mass is 10.1. The second kappa shape index (κ2) is 8.01. The Labute approximate surface area is 142 Å². The van der Waals surface area contributed by atoms with E-state index in [9.17, 15) is 4.79 Å². The minimum atomic E-state index is -0.432. The van der Waals surface area contributed by atoms with Crippen LogP contribution in [0, 0.1) is 0 Å². The summed E-state index contributed by atoms with van der Waals surface area (Å²) in [7, 11) is 0. The molecule has 1 fully saturated rings. The zero-order valence-electron chi connectivity index (χ0n) is 14.0. The Morgan fingerprint density at radius 1 is 1.38 bits per heavy atom. The van der Waals surface area contributed by atoms with Crippen molar-refractivity contribution in [2.75, 3.05) is 19.6 Å². The second-order valence-corrected chi connectivity index (χ2v) is 6.17. The smallest absolute Gasteiger partial charge is 0.245 e. The van der Waals surface area contributed by atoms with Crippen LogP contribution >= 0.6 is 0 Å². The lowest BCUT2D eigenvalue weighted by Gasteiger charge is -2.24. The van der Waals surface area contributed by atoms with Crippen LogP contribution in [0.25, 0.3) is 0 Å². The van der Waals surface area contributed by atoms with Crippen LogP contribution in [0.4, 0.5) is 0 Å². The Balaban J connectivity index is 1.65. The molecule has 1 aliphatic rings. The second-order valence-electron chi connectivity index (χ2n) is 6.17. The molecule has 2 heterocycles. The molecule has 128 valence electrons. The Hall–Kier alpha value is -2.28. The predicted molar refractivity (Wildman–Crippen MR) is 90.3 cm³/mol. The molecule has 1 amide bonds. The summed E-state index contributed by atoms with van der Waals surface area (Å²) < 4.78 is 1.54. The number of likely N-dealkylation sites (N-methyl/N-ethyl adjacent to an activating group) is 1. The molecule has 0 radical (unpaired) electrons. The van der Waals surface area contributed by atoms with Gasteiger partial charge in [0.1, 0.15) is 12.4 Å². The van der Waals surface area contributed by atoms with Gasteiger partial charge in [-0.05, 0) is 41.9 Å². The molecule has 2 aromatic rings. The fourth-order valence-electron chi connectivity index (χ4n) is 3.33. The Morgan fingerprint density at radius 2 is 2.21 bits per heavy atom. The molecule has 3 rings (SSSR count). The first kappa shape index (κ1) is 16.6. The normalized spacial score (nSPS) is 19.3. The third-order valence-corrected chi connectivity index (χ3v) is 4.68. The van der Waals surface area contributed by atoms with E-state index < -0.39 is 6.04 Å². The van der Waals surface area contributed by atoms with E-state index >= 15 is 0 Å². The lowest BCUT2D eigenvalue weighted by Crippen LogP contribution is -2.43. The first-order valence-electron chi connectivity index (χ1n) is 8.56. The first-order chi connectivity index (χ1) is 11.8. The van der Waals surface area contributed by atoms with Gasteiger partial charge in [0.2, 0.25) is 5.91 Å². The fraction of sp³-hybridized carbons (Fsp3) is 0.529. The predicted octanol–water partition coefficient (Wildman–Crippen LogP) is 1.06. The average molecular weight is 328 g/mol. The number of aromatic nitrogens is 4.